The van der Waals surface area contributed by atoms with Gasteiger partial charge in [0.1, 0.15) is 11.2 Å². The van der Waals surface area contributed by atoms with Gasteiger partial charge in [0.05, 0.1) is 11.1 Å². The summed E-state index contributed by atoms with van der Waals surface area (Å²) < 4.78 is 6.45. The molecule has 0 atom stereocenters. The van der Waals surface area contributed by atoms with E-state index in [1.54, 1.807) is 0 Å². The lowest BCUT2D eigenvalue weighted by Gasteiger charge is -2.30. The van der Waals surface area contributed by atoms with Crippen LogP contribution in [0, 0.1) is 0 Å². The molecule has 1 aliphatic carbocycles. The van der Waals surface area contributed by atoms with Crippen LogP contribution in [0.15, 0.2) is 192 Å². The average molecular weight is 680 g/mol. The van der Waals surface area contributed by atoms with E-state index >= 15 is 0 Å². The molecule has 1 heterocycles. The highest BCUT2D eigenvalue weighted by atomic mass is 16.3. The quantitative estimate of drug-likeness (QED) is 0.174. The molecule has 0 unspecified atom stereocenters. The van der Waals surface area contributed by atoms with Gasteiger partial charge in [-0.15, -0.1) is 0 Å². The second-order valence-electron chi connectivity index (χ2n) is 14.5. The van der Waals surface area contributed by atoms with Crippen molar-refractivity contribution in [3.8, 4) is 44.5 Å². The van der Waals surface area contributed by atoms with Crippen LogP contribution in [0.2, 0.25) is 0 Å². The first kappa shape index (κ1) is 31.1. The van der Waals surface area contributed by atoms with E-state index in [2.05, 4.69) is 201 Å². The molecule has 53 heavy (non-hydrogen) atoms. The summed E-state index contributed by atoms with van der Waals surface area (Å²) in [5, 5.41) is 2.21. The SMILES string of the molecule is CC1(C)c2ccccc2-c2cc(N(c3ccc(-c4ccc(-c5ccccc5)cc4)cc3)c3cccc4oc5ccccc5c34)cc(-c3ccccc3)c21. The van der Waals surface area contributed by atoms with Crippen LogP contribution in [0.3, 0.4) is 0 Å². The summed E-state index contributed by atoms with van der Waals surface area (Å²) in [7, 11) is 0. The lowest BCUT2D eigenvalue weighted by molar-refractivity contribution is 0.662. The van der Waals surface area contributed by atoms with Crippen molar-refractivity contribution in [2.45, 2.75) is 19.3 Å². The van der Waals surface area contributed by atoms with Crippen molar-refractivity contribution in [3.05, 3.63) is 199 Å². The highest BCUT2D eigenvalue weighted by Gasteiger charge is 2.38. The van der Waals surface area contributed by atoms with Crippen molar-refractivity contribution in [2.24, 2.45) is 0 Å². The first-order valence-corrected chi connectivity index (χ1v) is 18.3. The maximum absolute atomic E-state index is 6.45. The molecule has 252 valence electrons. The third kappa shape index (κ3) is 5.10. The van der Waals surface area contributed by atoms with Crippen molar-refractivity contribution in [2.75, 3.05) is 4.90 Å². The Morgan fingerprint density at radius 2 is 0.962 bits per heavy atom. The lowest BCUT2D eigenvalue weighted by atomic mass is 9.78. The molecule has 10 rings (SSSR count). The van der Waals surface area contributed by atoms with E-state index in [1.165, 1.54) is 55.6 Å². The van der Waals surface area contributed by atoms with Gasteiger partial charge in [0, 0.05) is 22.2 Å². The molecular formula is C51H37NO. The van der Waals surface area contributed by atoms with Crippen molar-refractivity contribution in [1.29, 1.82) is 0 Å². The minimum atomic E-state index is -0.154. The maximum atomic E-state index is 6.45. The standard InChI is InChI=1S/C51H37NO/c1-51(2)45-20-11-9-18-41(45)44-33-40(32-43(50(44)51)38-16-7-4-8-17-38)52(46-21-13-23-48-49(46)42-19-10-12-22-47(42)53-48)39-30-28-37(29-31-39)36-26-24-35(25-27-36)34-14-5-3-6-15-34/h3-33H,1-2H3. The zero-order valence-electron chi connectivity index (χ0n) is 29.8. The number of nitrogens with zero attached hydrogens (tertiary/aromatic N) is 1. The molecule has 1 aliphatic rings. The molecule has 0 N–H and O–H groups in total. The van der Waals surface area contributed by atoms with Gasteiger partial charge in [-0.05, 0) is 98.1 Å². The molecule has 1 aromatic heterocycles. The van der Waals surface area contributed by atoms with Gasteiger partial charge in [-0.3, -0.25) is 0 Å². The molecular weight excluding hydrogens is 643 g/mol. The van der Waals surface area contributed by atoms with Gasteiger partial charge in [-0.25, -0.2) is 0 Å². The Morgan fingerprint density at radius 3 is 1.68 bits per heavy atom. The number of anilines is 3. The molecule has 8 aromatic carbocycles. The molecule has 0 bridgehead atoms. The number of furan rings is 1. The number of para-hydroxylation sites is 1. The van der Waals surface area contributed by atoms with Gasteiger partial charge in [-0.2, -0.15) is 0 Å². The van der Waals surface area contributed by atoms with Crippen LogP contribution in [0.5, 0.6) is 0 Å². The minimum absolute atomic E-state index is 0.154. The Bertz CT molecular complexity index is 2780. The van der Waals surface area contributed by atoms with Gasteiger partial charge in [-0.1, -0.05) is 159 Å². The summed E-state index contributed by atoms with van der Waals surface area (Å²) in [4.78, 5) is 2.42. The van der Waals surface area contributed by atoms with Gasteiger partial charge in [0.25, 0.3) is 0 Å². The fourth-order valence-electron chi connectivity index (χ4n) is 8.54. The van der Waals surface area contributed by atoms with E-state index in [9.17, 15) is 0 Å². The number of hydrogen-bond donors (Lipinski definition) is 0. The van der Waals surface area contributed by atoms with Gasteiger partial charge in [0.2, 0.25) is 0 Å². The van der Waals surface area contributed by atoms with Crippen LogP contribution in [0.1, 0.15) is 25.0 Å². The monoisotopic (exact) mass is 679 g/mol. The lowest BCUT2D eigenvalue weighted by Crippen LogP contribution is -2.17. The smallest absolute Gasteiger partial charge is 0.137 e. The van der Waals surface area contributed by atoms with Crippen molar-refractivity contribution >= 4 is 39.0 Å². The van der Waals surface area contributed by atoms with E-state index in [0.29, 0.717) is 0 Å². The van der Waals surface area contributed by atoms with Crippen molar-refractivity contribution in [1.82, 2.24) is 0 Å². The van der Waals surface area contributed by atoms with Gasteiger partial charge >= 0.3 is 0 Å². The highest BCUT2D eigenvalue weighted by Crippen LogP contribution is 2.55. The van der Waals surface area contributed by atoms with E-state index in [4.69, 9.17) is 4.42 Å². The molecule has 2 heteroatoms. The van der Waals surface area contributed by atoms with Crippen molar-refractivity contribution in [3.63, 3.8) is 0 Å². The molecule has 0 fully saturated rings. The molecule has 0 saturated heterocycles. The van der Waals surface area contributed by atoms with Crippen LogP contribution in [0.25, 0.3) is 66.4 Å². The van der Waals surface area contributed by atoms with Crippen LogP contribution in [-0.4, -0.2) is 0 Å². The average Bonchev–Trinajstić information content (AvgIpc) is 3.71. The summed E-state index contributed by atoms with van der Waals surface area (Å²) in [5.74, 6) is 0. The first-order chi connectivity index (χ1) is 26.0. The number of benzene rings is 8. The second-order valence-corrected chi connectivity index (χ2v) is 14.5. The molecule has 2 nitrogen and oxygen atoms in total. The second kappa shape index (κ2) is 12.3. The topological polar surface area (TPSA) is 16.4 Å². The zero-order chi connectivity index (χ0) is 35.5. The number of hydrogen-bond acceptors (Lipinski definition) is 2. The zero-order valence-corrected chi connectivity index (χ0v) is 29.8. The van der Waals surface area contributed by atoms with E-state index in [0.717, 1.165) is 39.0 Å². The third-order valence-corrected chi connectivity index (χ3v) is 11.1. The normalized spacial score (nSPS) is 12.9. The predicted octanol–water partition coefficient (Wildman–Crippen LogP) is 14.4. The van der Waals surface area contributed by atoms with Crippen LogP contribution in [-0.2, 0) is 5.41 Å². The van der Waals surface area contributed by atoms with Crippen LogP contribution < -0.4 is 4.90 Å². The molecule has 0 saturated carbocycles. The Hall–Kier alpha value is -6.64. The predicted molar refractivity (Wildman–Crippen MR) is 222 cm³/mol. The molecule has 0 spiro atoms. The van der Waals surface area contributed by atoms with Crippen molar-refractivity contribution < 1.29 is 4.42 Å². The summed E-state index contributed by atoms with van der Waals surface area (Å²) in [6, 6.07) is 67.8. The van der Waals surface area contributed by atoms with Crippen LogP contribution in [0.4, 0.5) is 17.1 Å². The highest BCUT2D eigenvalue weighted by molar-refractivity contribution is 6.13. The van der Waals surface area contributed by atoms with E-state index in [-0.39, 0.29) is 5.41 Å². The summed E-state index contributed by atoms with van der Waals surface area (Å²) in [5.41, 5.74) is 17.5. The summed E-state index contributed by atoms with van der Waals surface area (Å²) in [6.07, 6.45) is 0. The Labute approximate surface area is 310 Å². The molecule has 0 aliphatic heterocycles. The fraction of sp³-hybridized carbons (Fsp3) is 0.0588. The van der Waals surface area contributed by atoms with E-state index in [1.807, 2.05) is 6.07 Å². The van der Waals surface area contributed by atoms with Gasteiger partial charge < -0.3 is 9.32 Å². The minimum Gasteiger partial charge on any atom is -0.456 e. The number of fused-ring (bicyclic) bond motifs is 6. The Balaban J connectivity index is 1.19. The third-order valence-electron chi connectivity index (χ3n) is 11.1. The first-order valence-electron chi connectivity index (χ1n) is 18.3. The molecule has 9 aromatic rings. The molecule has 0 amide bonds. The Morgan fingerprint density at radius 1 is 0.415 bits per heavy atom. The fourth-order valence-corrected chi connectivity index (χ4v) is 8.54. The summed E-state index contributed by atoms with van der Waals surface area (Å²) in [6.45, 7) is 4.73. The Kier molecular flexibility index (Phi) is 7.19. The largest absolute Gasteiger partial charge is 0.456 e. The number of rotatable bonds is 6. The summed E-state index contributed by atoms with van der Waals surface area (Å²) >= 11 is 0. The van der Waals surface area contributed by atoms with E-state index < -0.39 is 0 Å². The van der Waals surface area contributed by atoms with Gasteiger partial charge in [0.15, 0.2) is 0 Å². The van der Waals surface area contributed by atoms with Crippen LogP contribution >= 0.6 is 0 Å². The maximum Gasteiger partial charge on any atom is 0.137 e. The molecule has 0 radical (unpaired) electrons.